The van der Waals surface area contributed by atoms with Gasteiger partial charge in [-0.1, -0.05) is 29.8 Å². The number of carboxylic acids is 1. The van der Waals surface area contributed by atoms with Crippen molar-refractivity contribution in [3.63, 3.8) is 0 Å². The molecule has 2 aromatic rings. The van der Waals surface area contributed by atoms with Gasteiger partial charge in [0.1, 0.15) is 5.82 Å². The van der Waals surface area contributed by atoms with Crippen LogP contribution in [0.3, 0.4) is 0 Å². The molecule has 0 saturated carbocycles. The molecule has 102 valence electrons. The standard InChI is InChI=1S/C15H10ClFO3/c1-8-6-11(12(16)7-13(8)17)14(18)9-4-2-3-5-10(9)15(19)20/h2-7H,1H3,(H,19,20). The maximum absolute atomic E-state index is 13.3. The smallest absolute Gasteiger partial charge is 0.336 e. The molecule has 2 rings (SSSR count). The first-order valence-corrected chi connectivity index (χ1v) is 6.12. The number of carbonyl (C=O) groups is 2. The molecule has 0 spiro atoms. The van der Waals surface area contributed by atoms with Gasteiger partial charge in [-0.2, -0.15) is 0 Å². The summed E-state index contributed by atoms with van der Waals surface area (Å²) in [6.45, 7) is 1.51. The number of halogens is 2. The highest BCUT2D eigenvalue weighted by Gasteiger charge is 2.20. The number of benzene rings is 2. The number of carboxylic acid groups (broad SMARTS) is 1. The fraction of sp³-hybridized carbons (Fsp3) is 0.0667. The first kappa shape index (κ1) is 14.2. The third-order valence-corrected chi connectivity index (χ3v) is 3.21. The van der Waals surface area contributed by atoms with Gasteiger partial charge in [-0.05, 0) is 30.7 Å². The molecule has 3 nitrogen and oxygen atoms in total. The Morgan fingerprint density at radius 3 is 2.30 bits per heavy atom. The number of hydrogen-bond acceptors (Lipinski definition) is 2. The molecule has 0 fully saturated rings. The second kappa shape index (κ2) is 5.43. The fourth-order valence-electron chi connectivity index (χ4n) is 1.84. The van der Waals surface area contributed by atoms with Crippen LogP contribution in [0.25, 0.3) is 0 Å². The maximum Gasteiger partial charge on any atom is 0.336 e. The van der Waals surface area contributed by atoms with Crippen molar-refractivity contribution in [2.75, 3.05) is 0 Å². The molecule has 0 aliphatic heterocycles. The summed E-state index contributed by atoms with van der Waals surface area (Å²) < 4.78 is 13.3. The SMILES string of the molecule is Cc1cc(C(=O)c2ccccc2C(=O)O)c(Cl)cc1F. The van der Waals surface area contributed by atoms with Gasteiger partial charge in [0.05, 0.1) is 10.6 Å². The Balaban J connectivity index is 2.58. The quantitative estimate of drug-likeness (QED) is 0.877. The van der Waals surface area contributed by atoms with Crippen LogP contribution in [0, 0.1) is 12.7 Å². The number of rotatable bonds is 3. The molecule has 0 saturated heterocycles. The van der Waals surface area contributed by atoms with Crippen LogP contribution in [0.4, 0.5) is 4.39 Å². The van der Waals surface area contributed by atoms with Crippen LogP contribution in [-0.4, -0.2) is 16.9 Å². The molecule has 0 atom stereocenters. The zero-order valence-corrected chi connectivity index (χ0v) is 11.2. The minimum atomic E-state index is -1.20. The van der Waals surface area contributed by atoms with E-state index < -0.39 is 17.6 Å². The lowest BCUT2D eigenvalue weighted by Crippen LogP contribution is -2.10. The van der Waals surface area contributed by atoms with Gasteiger partial charge in [-0.3, -0.25) is 4.79 Å². The Bertz CT molecular complexity index is 710. The molecule has 0 aromatic heterocycles. The first-order chi connectivity index (χ1) is 9.41. The average molecular weight is 293 g/mol. The zero-order chi connectivity index (χ0) is 14.9. The summed E-state index contributed by atoms with van der Waals surface area (Å²) >= 11 is 5.87. The third-order valence-electron chi connectivity index (χ3n) is 2.90. The van der Waals surface area contributed by atoms with E-state index in [1.165, 1.54) is 31.2 Å². The number of aromatic carboxylic acids is 1. The third kappa shape index (κ3) is 2.56. The predicted octanol–water partition coefficient (Wildman–Crippen LogP) is 3.72. The summed E-state index contributed by atoms with van der Waals surface area (Å²) in [4.78, 5) is 23.5. The van der Waals surface area contributed by atoms with Crippen molar-refractivity contribution in [3.05, 3.63) is 69.5 Å². The van der Waals surface area contributed by atoms with Crippen LogP contribution in [0.5, 0.6) is 0 Å². The summed E-state index contributed by atoms with van der Waals surface area (Å²) in [5.41, 5.74) is 0.258. The molecule has 0 bridgehead atoms. The summed E-state index contributed by atoms with van der Waals surface area (Å²) in [5.74, 6) is -2.27. The molecule has 20 heavy (non-hydrogen) atoms. The average Bonchev–Trinajstić information content (AvgIpc) is 2.42. The first-order valence-electron chi connectivity index (χ1n) is 5.74. The van der Waals surface area contributed by atoms with Crippen LogP contribution < -0.4 is 0 Å². The van der Waals surface area contributed by atoms with Gasteiger partial charge in [0.2, 0.25) is 0 Å². The lowest BCUT2D eigenvalue weighted by atomic mass is 9.97. The van der Waals surface area contributed by atoms with E-state index in [9.17, 15) is 14.0 Å². The molecule has 5 heteroatoms. The summed E-state index contributed by atoms with van der Waals surface area (Å²) in [5, 5.41) is 9.04. The Hall–Kier alpha value is -2.20. The predicted molar refractivity (Wildman–Crippen MR) is 73.0 cm³/mol. The van der Waals surface area contributed by atoms with E-state index in [1.54, 1.807) is 6.07 Å². The highest BCUT2D eigenvalue weighted by Crippen LogP contribution is 2.24. The van der Waals surface area contributed by atoms with Gasteiger partial charge < -0.3 is 5.11 Å². The van der Waals surface area contributed by atoms with Crippen LogP contribution in [-0.2, 0) is 0 Å². The second-order valence-corrected chi connectivity index (χ2v) is 4.67. The van der Waals surface area contributed by atoms with Gasteiger partial charge in [0, 0.05) is 11.1 Å². The van der Waals surface area contributed by atoms with E-state index in [0.29, 0.717) is 0 Å². The summed E-state index contributed by atoms with van der Waals surface area (Å²) in [6, 6.07) is 8.19. The van der Waals surface area contributed by atoms with E-state index in [-0.39, 0.29) is 27.3 Å². The molecular formula is C15H10ClFO3. The number of hydrogen-bond donors (Lipinski definition) is 1. The molecular weight excluding hydrogens is 283 g/mol. The van der Waals surface area contributed by atoms with Crippen molar-refractivity contribution in [2.45, 2.75) is 6.92 Å². The minimum Gasteiger partial charge on any atom is -0.478 e. The minimum absolute atomic E-state index is 0.0212. The molecule has 0 aliphatic carbocycles. The van der Waals surface area contributed by atoms with Crippen molar-refractivity contribution in [1.82, 2.24) is 0 Å². The van der Waals surface area contributed by atoms with Crippen LogP contribution in [0.2, 0.25) is 5.02 Å². The number of ketones is 1. The zero-order valence-electron chi connectivity index (χ0n) is 10.5. The van der Waals surface area contributed by atoms with Gasteiger partial charge in [0.25, 0.3) is 0 Å². The van der Waals surface area contributed by atoms with E-state index in [0.717, 1.165) is 6.07 Å². The van der Waals surface area contributed by atoms with Crippen LogP contribution in [0.1, 0.15) is 31.8 Å². The number of carbonyl (C=O) groups excluding carboxylic acids is 1. The second-order valence-electron chi connectivity index (χ2n) is 4.26. The van der Waals surface area contributed by atoms with Crippen molar-refractivity contribution >= 4 is 23.4 Å². The molecule has 1 N–H and O–H groups in total. The Morgan fingerprint density at radius 2 is 1.70 bits per heavy atom. The van der Waals surface area contributed by atoms with E-state index in [2.05, 4.69) is 0 Å². The Morgan fingerprint density at radius 1 is 1.10 bits per heavy atom. The van der Waals surface area contributed by atoms with Gasteiger partial charge in [0.15, 0.2) is 5.78 Å². The monoisotopic (exact) mass is 292 g/mol. The summed E-state index contributed by atoms with van der Waals surface area (Å²) in [6.07, 6.45) is 0. The molecule has 0 aliphatic rings. The van der Waals surface area contributed by atoms with Crippen LogP contribution in [0.15, 0.2) is 36.4 Å². The number of aryl methyl sites for hydroxylation is 1. The Kier molecular flexibility index (Phi) is 3.86. The fourth-order valence-corrected chi connectivity index (χ4v) is 2.08. The van der Waals surface area contributed by atoms with E-state index >= 15 is 0 Å². The lowest BCUT2D eigenvalue weighted by molar-refractivity contribution is 0.0693. The van der Waals surface area contributed by atoms with E-state index in [1.807, 2.05) is 0 Å². The van der Waals surface area contributed by atoms with Crippen LogP contribution >= 0.6 is 11.6 Å². The van der Waals surface area contributed by atoms with Crippen molar-refractivity contribution in [3.8, 4) is 0 Å². The maximum atomic E-state index is 13.3. The Labute approximate surface area is 119 Å². The molecule has 0 radical (unpaired) electrons. The van der Waals surface area contributed by atoms with E-state index in [4.69, 9.17) is 16.7 Å². The highest BCUT2D eigenvalue weighted by molar-refractivity contribution is 6.35. The lowest BCUT2D eigenvalue weighted by Gasteiger charge is -2.08. The normalized spacial score (nSPS) is 10.3. The highest BCUT2D eigenvalue weighted by atomic mass is 35.5. The van der Waals surface area contributed by atoms with Crippen molar-refractivity contribution in [2.24, 2.45) is 0 Å². The van der Waals surface area contributed by atoms with Gasteiger partial charge in [-0.25, -0.2) is 9.18 Å². The molecule has 0 amide bonds. The van der Waals surface area contributed by atoms with Crippen molar-refractivity contribution in [1.29, 1.82) is 0 Å². The molecule has 2 aromatic carbocycles. The molecule has 0 unspecified atom stereocenters. The molecule has 0 heterocycles. The summed E-state index contributed by atoms with van der Waals surface area (Å²) in [7, 11) is 0. The topological polar surface area (TPSA) is 54.4 Å². The van der Waals surface area contributed by atoms with Crippen molar-refractivity contribution < 1.29 is 19.1 Å². The van der Waals surface area contributed by atoms with Gasteiger partial charge >= 0.3 is 5.97 Å². The largest absolute Gasteiger partial charge is 0.478 e. The van der Waals surface area contributed by atoms with Gasteiger partial charge in [-0.15, -0.1) is 0 Å².